The van der Waals surface area contributed by atoms with Crippen LogP contribution in [0.4, 0.5) is 5.69 Å². The summed E-state index contributed by atoms with van der Waals surface area (Å²) in [4.78, 5) is 16.4. The van der Waals surface area contributed by atoms with Crippen molar-refractivity contribution in [3.63, 3.8) is 0 Å². The molecule has 1 unspecified atom stereocenters. The lowest BCUT2D eigenvalue weighted by Gasteiger charge is -2.10. The van der Waals surface area contributed by atoms with Gasteiger partial charge in [-0.05, 0) is 39.3 Å². The van der Waals surface area contributed by atoms with Gasteiger partial charge < -0.3 is 10.6 Å². The summed E-state index contributed by atoms with van der Waals surface area (Å²) in [7, 11) is 0. The van der Waals surface area contributed by atoms with Gasteiger partial charge in [0.05, 0.1) is 18.1 Å². The van der Waals surface area contributed by atoms with Crippen molar-refractivity contribution in [2.75, 3.05) is 11.9 Å². The van der Waals surface area contributed by atoms with E-state index in [0.717, 1.165) is 36.1 Å². The third kappa shape index (κ3) is 3.05. The Labute approximate surface area is 123 Å². The van der Waals surface area contributed by atoms with Crippen LogP contribution in [-0.2, 0) is 4.79 Å². The number of rotatable bonds is 4. The van der Waals surface area contributed by atoms with Crippen LogP contribution in [0.5, 0.6) is 0 Å². The number of nitrogens with one attached hydrogen (secondary N) is 2. The van der Waals surface area contributed by atoms with Gasteiger partial charge in [-0.2, -0.15) is 5.10 Å². The average molecular weight is 287 g/mol. The minimum atomic E-state index is 0.0341. The van der Waals surface area contributed by atoms with Gasteiger partial charge in [0.15, 0.2) is 5.65 Å². The number of hydrogen-bond donors (Lipinski definition) is 2. The molecule has 0 aliphatic carbocycles. The smallest absolute Gasteiger partial charge is 0.225 e. The minimum absolute atomic E-state index is 0.0341. The Kier molecular flexibility index (Phi) is 3.88. The van der Waals surface area contributed by atoms with Gasteiger partial charge in [-0.3, -0.25) is 4.79 Å². The second-order valence-electron chi connectivity index (χ2n) is 5.87. The van der Waals surface area contributed by atoms with E-state index in [9.17, 15) is 4.79 Å². The molecule has 6 heteroatoms. The zero-order valence-electron chi connectivity index (χ0n) is 12.5. The number of fused-ring (bicyclic) bond motifs is 1. The largest absolute Gasteiger partial charge is 0.325 e. The summed E-state index contributed by atoms with van der Waals surface area (Å²) in [5, 5.41) is 11.5. The molecule has 0 saturated carbocycles. The van der Waals surface area contributed by atoms with Gasteiger partial charge >= 0.3 is 0 Å². The van der Waals surface area contributed by atoms with Gasteiger partial charge in [0, 0.05) is 23.9 Å². The van der Waals surface area contributed by atoms with Crippen LogP contribution in [0.1, 0.15) is 39.2 Å². The molecule has 2 aromatic rings. The topological polar surface area (TPSA) is 71.8 Å². The minimum Gasteiger partial charge on any atom is -0.325 e. The van der Waals surface area contributed by atoms with Crippen LogP contribution in [0.25, 0.3) is 11.0 Å². The molecule has 3 rings (SSSR count). The molecular weight excluding hydrogens is 266 g/mol. The molecule has 0 bridgehead atoms. The van der Waals surface area contributed by atoms with Crippen molar-refractivity contribution >= 4 is 22.6 Å². The molecule has 2 N–H and O–H groups in total. The van der Waals surface area contributed by atoms with Gasteiger partial charge in [-0.1, -0.05) is 0 Å². The molecule has 6 nitrogen and oxygen atoms in total. The van der Waals surface area contributed by atoms with Gasteiger partial charge in [0.2, 0.25) is 5.91 Å². The molecular formula is C15H21N5O. The van der Waals surface area contributed by atoms with Crippen LogP contribution >= 0.6 is 0 Å². The molecule has 0 spiro atoms. The van der Waals surface area contributed by atoms with E-state index in [4.69, 9.17) is 0 Å². The van der Waals surface area contributed by atoms with Crippen LogP contribution in [-0.4, -0.2) is 33.3 Å². The van der Waals surface area contributed by atoms with Gasteiger partial charge in [0.25, 0.3) is 0 Å². The van der Waals surface area contributed by atoms with Crippen molar-refractivity contribution in [3.05, 3.63) is 18.5 Å². The van der Waals surface area contributed by atoms with Crippen LogP contribution in [0, 0.1) is 0 Å². The predicted octanol–water partition coefficient (Wildman–Crippen LogP) is 2.09. The van der Waals surface area contributed by atoms with Crippen molar-refractivity contribution in [2.45, 2.75) is 45.2 Å². The lowest BCUT2D eigenvalue weighted by molar-refractivity contribution is -0.116. The van der Waals surface area contributed by atoms with Crippen molar-refractivity contribution in [1.29, 1.82) is 0 Å². The highest BCUT2D eigenvalue weighted by Crippen LogP contribution is 2.19. The molecule has 1 fully saturated rings. The van der Waals surface area contributed by atoms with Crippen molar-refractivity contribution in [3.8, 4) is 0 Å². The standard InChI is InChI=1S/C15H21N5O/c1-10(2)20-15-11(8-18-20)6-13(9-17-15)19-14(21)7-12-4-3-5-16-12/h6,8-10,12,16H,3-5,7H2,1-2H3,(H,19,21). The zero-order chi connectivity index (χ0) is 14.8. The number of carbonyl (C=O) groups excluding carboxylic acids is 1. The quantitative estimate of drug-likeness (QED) is 0.903. The molecule has 1 aliphatic heterocycles. The molecule has 3 heterocycles. The first-order valence-electron chi connectivity index (χ1n) is 7.50. The number of pyridine rings is 1. The number of hydrogen-bond acceptors (Lipinski definition) is 4. The second-order valence-corrected chi connectivity index (χ2v) is 5.87. The number of anilines is 1. The monoisotopic (exact) mass is 287 g/mol. The molecule has 112 valence electrons. The third-order valence-electron chi connectivity index (χ3n) is 3.80. The fourth-order valence-electron chi connectivity index (χ4n) is 2.75. The second kappa shape index (κ2) is 5.81. The SMILES string of the molecule is CC(C)n1ncc2cc(NC(=O)CC3CCCN3)cnc21. The molecule has 1 aliphatic rings. The highest BCUT2D eigenvalue weighted by atomic mass is 16.1. The Morgan fingerprint density at radius 3 is 3.10 bits per heavy atom. The normalized spacial score (nSPS) is 18.5. The summed E-state index contributed by atoms with van der Waals surface area (Å²) in [5.41, 5.74) is 1.58. The molecule has 0 radical (unpaired) electrons. The summed E-state index contributed by atoms with van der Waals surface area (Å²) < 4.78 is 1.88. The average Bonchev–Trinajstić information content (AvgIpc) is 3.06. The third-order valence-corrected chi connectivity index (χ3v) is 3.80. The van der Waals surface area contributed by atoms with E-state index in [-0.39, 0.29) is 11.9 Å². The maximum atomic E-state index is 12.0. The summed E-state index contributed by atoms with van der Waals surface area (Å²) >= 11 is 0. The summed E-state index contributed by atoms with van der Waals surface area (Å²) in [6.45, 7) is 5.15. The lowest BCUT2D eigenvalue weighted by atomic mass is 10.1. The summed E-state index contributed by atoms with van der Waals surface area (Å²) in [6, 6.07) is 2.50. The lowest BCUT2D eigenvalue weighted by Crippen LogP contribution is -2.27. The maximum Gasteiger partial charge on any atom is 0.225 e. The zero-order valence-corrected chi connectivity index (χ0v) is 12.5. The molecule has 2 aromatic heterocycles. The van der Waals surface area contributed by atoms with E-state index >= 15 is 0 Å². The molecule has 21 heavy (non-hydrogen) atoms. The Hall–Kier alpha value is -1.95. The fraction of sp³-hybridized carbons (Fsp3) is 0.533. The first-order chi connectivity index (χ1) is 10.1. The summed E-state index contributed by atoms with van der Waals surface area (Å²) in [5.74, 6) is 0.0341. The van der Waals surface area contributed by atoms with Crippen molar-refractivity contribution < 1.29 is 4.79 Å². The number of nitrogens with zero attached hydrogens (tertiary/aromatic N) is 3. The van der Waals surface area contributed by atoms with Crippen LogP contribution in [0.3, 0.4) is 0 Å². The maximum absolute atomic E-state index is 12.0. The highest BCUT2D eigenvalue weighted by molar-refractivity contribution is 5.92. The Bertz CT molecular complexity index is 643. The van der Waals surface area contributed by atoms with E-state index in [1.54, 1.807) is 12.4 Å². The Morgan fingerprint density at radius 2 is 2.38 bits per heavy atom. The summed E-state index contributed by atoms with van der Waals surface area (Å²) in [6.07, 6.45) is 6.23. The molecule has 0 aromatic carbocycles. The Balaban J connectivity index is 1.71. The number of carbonyl (C=O) groups is 1. The first-order valence-corrected chi connectivity index (χ1v) is 7.50. The van der Waals surface area contributed by atoms with E-state index in [1.807, 2.05) is 10.7 Å². The van der Waals surface area contributed by atoms with Crippen molar-refractivity contribution in [1.82, 2.24) is 20.1 Å². The van der Waals surface area contributed by atoms with E-state index < -0.39 is 0 Å². The fourth-order valence-corrected chi connectivity index (χ4v) is 2.75. The van der Waals surface area contributed by atoms with Crippen LogP contribution < -0.4 is 10.6 Å². The van der Waals surface area contributed by atoms with Crippen LogP contribution in [0.15, 0.2) is 18.5 Å². The van der Waals surface area contributed by atoms with E-state index in [1.165, 1.54) is 0 Å². The Morgan fingerprint density at radius 1 is 1.52 bits per heavy atom. The molecule has 1 atom stereocenters. The molecule has 1 amide bonds. The number of amides is 1. The van der Waals surface area contributed by atoms with Gasteiger partial charge in [0.1, 0.15) is 0 Å². The van der Waals surface area contributed by atoms with E-state index in [2.05, 4.69) is 34.6 Å². The highest BCUT2D eigenvalue weighted by Gasteiger charge is 2.18. The predicted molar refractivity (Wildman–Crippen MR) is 82.2 cm³/mol. The van der Waals surface area contributed by atoms with E-state index in [0.29, 0.717) is 12.5 Å². The first kappa shape index (κ1) is 14.0. The van der Waals surface area contributed by atoms with Gasteiger partial charge in [-0.25, -0.2) is 9.67 Å². The van der Waals surface area contributed by atoms with Gasteiger partial charge in [-0.15, -0.1) is 0 Å². The number of aromatic nitrogens is 3. The van der Waals surface area contributed by atoms with Crippen LogP contribution in [0.2, 0.25) is 0 Å². The van der Waals surface area contributed by atoms with Crippen molar-refractivity contribution in [2.24, 2.45) is 0 Å². The molecule has 1 saturated heterocycles.